The fraction of sp³-hybridized carbons (Fsp3) is 0.429. The van der Waals surface area contributed by atoms with Gasteiger partial charge in [-0.1, -0.05) is 19.1 Å². The highest BCUT2D eigenvalue weighted by Crippen LogP contribution is 2.39. The Morgan fingerprint density at radius 1 is 1.31 bits per heavy atom. The van der Waals surface area contributed by atoms with Crippen LogP contribution in [0.1, 0.15) is 49.4 Å². The lowest BCUT2D eigenvalue weighted by Gasteiger charge is -2.28. The lowest BCUT2D eigenvalue weighted by atomic mass is 9.83. The second-order valence-corrected chi connectivity index (χ2v) is 9.72. The molecule has 32 heavy (non-hydrogen) atoms. The van der Waals surface area contributed by atoms with Crippen LogP contribution >= 0.6 is 0 Å². The Morgan fingerprint density at radius 2 is 2.03 bits per heavy atom. The molecule has 1 heterocycles. The number of hydrogen-bond donors (Lipinski definition) is 3. The standard InChI is InChI=1S/C21H25F3N4O3S/c1-4-26-32(30,31)15-5-6-17(13(2)11-15)27-19-25-12-16(21(22,23)24)18(28-19)14-7-9-20(3,29)10-8-14/h5-7,9,11-12,14,26,29H,4,8,10H2,1-3H3,(H,25,27,28)/t14-,20+/m0/s1. The van der Waals surface area contributed by atoms with E-state index < -0.39 is 33.3 Å². The maximum absolute atomic E-state index is 13.6. The molecule has 1 aliphatic rings. The van der Waals surface area contributed by atoms with Crippen LogP contribution in [0, 0.1) is 6.92 Å². The highest BCUT2D eigenvalue weighted by atomic mass is 32.2. The van der Waals surface area contributed by atoms with Crippen molar-refractivity contribution in [3.05, 3.63) is 53.4 Å². The zero-order valence-corrected chi connectivity index (χ0v) is 18.7. The lowest BCUT2D eigenvalue weighted by molar-refractivity contribution is -0.138. The molecule has 0 amide bonds. The maximum Gasteiger partial charge on any atom is 0.419 e. The molecule has 1 aromatic heterocycles. The number of sulfonamides is 1. The molecule has 0 unspecified atom stereocenters. The fourth-order valence-corrected chi connectivity index (χ4v) is 4.60. The Kier molecular flexibility index (Phi) is 6.64. The van der Waals surface area contributed by atoms with Crippen molar-refractivity contribution in [3.8, 4) is 0 Å². The Labute approximate surface area is 184 Å². The van der Waals surface area contributed by atoms with Crippen molar-refractivity contribution >= 4 is 21.7 Å². The van der Waals surface area contributed by atoms with Crippen LogP contribution in [-0.4, -0.2) is 35.6 Å². The third-order valence-electron chi connectivity index (χ3n) is 5.21. The lowest BCUT2D eigenvalue weighted by Crippen LogP contribution is -2.26. The second-order valence-electron chi connectivity index (χ2n) is 7.95. The van der Waals surface area contributed by atoms with E-state index in [1.165, 1.54) is 30.4 Å². The highest BCUT2D eigenvalue weighted by Gasteiger charge is 2.38. The number of aryl methyl sites for hydroxylation is 1. The summed E-state index contributed by atoms with van der Waals surface area (Å²) in [7, 11) is -3.64. The predicted molar refractivity (Wildman–Crippen MR) is 114 cm³/mol. The maximum atomic E-state index is 13.6. The summed E-state index contributed by atoms with van der Waals surface area (Å²) in [6.45, 7) is 5.18. The van der Waals surface area contributed by atoms with Crippen LogP contribution < -0.4 is 10.0 Å². The number of anilines is 2. The van der Waals surface area contributed by atoms with Gasteiger partial charge in [0.2, 0.25) is 16.0 Å². The molecule has 0 saturated carbocycles. The fourth-order valence-electron chi connectivity index (χ4n) is 3.47. The van der Waals surface area contributed by atoms with E-state index in [9.17, 15) is 26.7 Å². The Bertz CT molecular complexity index is 1130. The van der Waals surface area contributed by atoms with Gasteiger partial charge in [-0.25, -0.2) is 23.1 Å². The van der Waals surface area contributed by atoms with Gasteiger partial charge in [0.05, 0.1) is 21.8 Å². The van der Waals surface area contributed by atoms with E-state index in [-0.39, 0.29) is 23.1 Å². The van der Waals surface area contributed by atoms with Gasteiger partial charge in [-0.2, -0.15) is 13.2 Å². The minimum absolute atomic E-state index is 0.0378. The topological polar surface area (TPSA) is 104 Å². The average Bonchev–Trinajstić information content (AvgIpc) is 2.68. The number of hydrogen-bond acceptors (Lipinski definition) is 6. The first-order valence-corrected chi connectivity index (χ1v) is 11.5. The second kappa shape index (κ2) is 8.80. The summed E-state index contributed by atoms with van der Waals surface area (Å²) in [5, 5.41) is 12.9. The molecule has 2 aromatic rings. The van der Waals surface area contributed by atoms with Crippen LogP contribution in [0.25, 0.3) is 0 Å². The number of rotatable bonds is 6. The molecule has 1 aromatic carbocycles. The predicted octanol–water partition coefficient (Wildman–Crippen LogP) is 4.03. The first-order chi connectivity index (χ1) is 14.8. The summed E-state index contributed by atoms with van der Waals surface area (Å²) >= 11 is 0. The number of aliphatic hydroxyl groups is 1. The number of nitrogens with one attached hydrogen (secondary N) is 2. The highest BCUT2D eigenvalue weighted by molar-refractivity contribution is 7.89. The van der Waals surface area contributed by atoms with Gasteiger partial charge in [0.1, 0.15) is 0 Å². The molecule has 1 aliphatic carbocycles. The Hall–Kier alpha value is -2.50. The Morgan fingerprint density at radius 3 is 2.59 bits per heavy atom. The van der Waals surface area contributed by atoms with Gasteiger partial charge in [0.15, 0.2) is 0 Å². The summed E-state index contributed by atoms with van der Waals surface area (Å²) < 4.78 is 67.4. The van der Waals surface area contributed by atoms with E-state index >= 15 is 0 Å². The smallest absolute Gasteiger partial charge is 0.386 e. The number of nitrogens with zero attached hydrogens (tertiary/aromatic N) is 2. The van der Waals surface area contributed by atoms with Gasteiger partial charge in [0, 0.05) is 24.3 Å². The van der Waals surface area contributed by atoms with Gasteiger partial charge in [0.25, 0.3) is 0 Å². The molecule has 3 N–H and O–H groups in total. The van der Waals surface area contributed by atoms with Crippen LogP contribution in [0.3, 0.4) is 0 Å². The first-order valence-electron chi connectivity index (χ1n) is 10.1. The minimum Gasteiger partial charge on any atom is -0.386 e. The molecular weight excluding hydrogens is 445 g/mol. The number of aromatic nitrogens is 2. The molecule has 0 spiro atoms. The normalized spacial score (nSPS) is 21.5. The average molecular weight is 471 g/mol. The van der Waals surface area contributed by atoms with Crippen molar-refractivity contribution in [3.63, 3.8) is 0 Å². The molecule has 11 heteroatoms. The van der Waals surface area contributed by atoms with E-state index in [2.05, 4.69) is 20.0 Å². The quantitative estimate of drug-likeness (QED) is 0.551. The van der Waals surface area contributed by atoms with Crippen LogP contribution in [0.4, 0.5) is 24.8 Å². The molecule has 0 radical (unpaired) electrons. The molecule has 0 fully saturated rings. The molecular formula is C21H25F3N4O3S. The first kappa shape index (κ1) is 24.1. The molecule has 7 nitrogen and oxygen atoms in total. The van der Waals surface area contributed by atoms with E-state index in [0.29, 0.717) is 24.1 Å². The van der Waals surface area contributed by atoms with Crippen molar-refractivity contribution in [1.29, 1.82) is 0 Å². The molecule has 174 valence electrons. The number of halogens is 3. The third-order valence-corrected chi connectivity index (χ3v) is 6.76. The van der Waals surface area contributed by atoms with Crippen molar-refractivity contribution in [2.24, 2.45) is 0 Å². The summed E-state index contributed by atoms with van der Waals surface area (Å²) in [4.78, 5) is 8.04. The molecule has 2 atom stereocenters. The monoisotopic (exact) mass is 470 g/mol. The summed E-state index contributed by atoms with van der Waals surface area (Å²) in [5.74, 6) is -0.659. The summed E-state index contributed by atoms with van der Waals surface area (Å²) in [5.41, 5.74) is -1.14. The zero-order chi connectivity index (χ0) is 23.7. The van der Waals surface area contributed by atoms with Crippen LogP contribution in [0.2, 0.25) is 0 Å². The van der Waals surface area contributed by atoms with Crippen molar-refractivity contribution < 1.29 is 26.7 Å². The van der Waals surface area contributed by atoms with Crippen molar-refractivity contribution in [1.82, 2.24) is 14.7 Å². The van der Waals surface area contributed by atoms with Crippen molar-refractivity contribution in [2.75, 3.05) is 11.9 Å². The van der Waals surface area contributed by atoms with Crippen LogP contribution in [0.15, 0.2) is 41.4 Å². The number of allylic oxidation sites excluding steroid dienone is 1. The molecule has 0 saturated heterocycles. The largest absolute Gasteiger partial charge is 0.419 e. The Balaban J connectivity index is 1.95. The van der Waals surface area contributed by atoms with Crippen LogP contribution in [-0.2, 0) is 16.2 Å². The van der Waals surface area contributed by atoms with E-state index in [4.69, 9.17) is 0 Å². The van der Waals surface area contributed by atoms with Gasteiger partial charge in [-0.3, -0.25) is 0 Å². The summed E-state index contributed by atoms with van der Waals surface area (Å²) in [6, 6.07) is 4.36. The van der Waals surface area contributed by atoms with E-state index in [0.717, 1.165) is 6.20 Å². The van der Waals surface area contributed by atoms with E-state index in [1.54, 1.807) is 20.8 Å². The molecule has 0 aliphatic heterocycles. The van der Waals surface area contributed by atoms with Gasteiger partial charge in [-0.15, -0.1) is 0 Å². The zero-order valence-electron chi connectivity index (χ0n) is 17.9. The van der Waals surface area contributed by atoms with Crippen molar-refractivity contribution in [2.45, 2.75) is 56.2 Å². The molecule has 0 bridgehead atoms. The van der Waals surface area contributed by atoms with Gasteiger partial charge >= 0.3 is 6.18 Å². The van der Waals surface area contributed by atoms with Gasteiger partial charge < -0.3 is 10.4 Å². The number of alkyl halides is 3. The third kappa shape index (κ3) is 5.45. The summed E-state index contributed by atoms with van der Waals surface area (Å²) in [6.07, 6.45) is -0.247. The molecule has 3 rings (SSSR count). The number of benzene rings is 1. The minimum atomic E-state index is -4.63. The van der Waals surface area contributed by atoms with Crippen LogP contribution in [0.5, 0.6) is 0 Å². The SMILES string of the molecule is CCNS(=O)(=O)c1ccc(Nc2ncc(C(F)(F)F)c([C@H]3C=C[C@@](C)(O)CC3)n2)c(C)c1. The van der Waals surface area contributed by atoms with Gasteiger partial charge in [-0.05, 0) is 50.5 Å². The van der Waals surface area contributed by atoms with E-state index in [1.807, 2.05) is 0 Å².